The summed E-state index contributed by atoms with van der Waals surface area (Å²) in [5.41, 5.74) is 5.62. The Balaban J connectivity index is 2.64. The second kappa shape index (κ2) is 5.50. The third-order valence-corrected chi connectivity index (χ3v) is 2.58. The first-order valence-electron chi connectivity index (χ1n) is 4.62. The normalized spacial score (nSPS) is 11.6. The summed E-state index contributed by atoms with van der Waals surface area (Å²) in [5.74, 6) is -0.469. The number of amides is 3. The number of carbonyl (C=O) groups is 2. The monoisotopic (exact) mass is 285 g/mol. The van der Waals surface area contributed by atoms with Crippen LogP contribution in [0.15, 0.2) is 28.7 Å². The summed E-state index contributed by atoms with van der Waals surface area (Å²) in [6.07, 6.45) is 0. The molecule has 4 N–H and O–H groups in total. The van der Waals surface area contributed by atoms with Gasteiger partial charge in [0.25, 0.3) is 0 Å². The molecule has 0 spiro atoms. The van der Waals surface area contributed by atoms with Gasteiger partial charge in [0.1, 0.15) is 6.04 Å². The molecule has 1 aromatic carbocycles. The molecule has 3 amide bonds. The zero-order valence-corrected chi connectivity index (χ0v) is 10.2. The van der Waals surface area contributed by atoms with Crippen LogP contribution in [0.2, 0.25) is 0 Å². The summed E-state index contributed by atoms with van der Waals surface area (Å²) >= 11 is 3.34. The Bertz CT molecular complexity index is 409. The van der Waals surface area contributed by atoms with Gasteiger partial charge >= 0.3 is 6.03 Å². The molecule has 86 valence electrons. The molecule has 1 unspecified atom stereocenters. The topological polar surface area (TPSA) is 84.2 Å². The molecule has 0 aliphatic rings. The molecule has 5 nitrogen and oxygen atoms in total. The number of para-hydroxylation sites is 1. The summed E-state index contributed by atoms with van der Waals surface area (Å²) in [6.45, 7) is 1.64. The number of hydrogen-bond donors (Lipinski definition) is 3. The quantitative estimate of drug-likeness (QED) is 0.786. The number of nitrogens with one attached hydrogen (secondary N) is 2. The maximum absolute atomic E-state index is 11.4. The van der Waals surface area contributed by atoms with Crippen LogP contribution in [0.1, 0.15) is 6.92 Å². The standard InChI is InChI=1S/C10H12BrN3O2/c1-6(9(15)14-10(12)16)13-8-5-3-2-4-7(8)11/h2-6,13H,1H3,(H3,12,14,15,16). The Morgan fingerprint density at radius 2 is 2.00 bits per heavy atom. The van der Waals surface area contributed by atoms with Crippen molar-refractivity contribution in [2.24, 2.45) is 5.73 Å². The Kier molecular flexibility index (Phi) is 4.30. The zero-order valence-electron chi connectivity index (χ0n) is 8.66. The Hall–Kier alpha value is -1.56. The first-order valence-corrected chi connectivity index (χ1v) is 5.41. The van der Waals surface area contributed by atoms with Crippen LogP contribution in [0.5, 0.6) is 0 Å². The van der Waals surface area contributed by atoms with Crippen LogP contribution in [-0.2, 0) is 4.79 Å². The van der Waals surface area contributed by atoms with E-state index in [0.29, 0.717) is 0 Å². The number of urea groups is 1. The van der Waals surface area contributed by atoms with Gasteiger partial charge in [-0.1, -0.05) is 12.1 Å². The van der Waals surface area contributed by atoms with Gasteiger partial charge in [-0.2, -0.15) is 0 Å². The smallest absolute Gasteiger partial charge is 0.318 e. The lowest BCUT2D eigenvalue weighted by atomic mass is 10.2. The second-order valence-electron chi connectivity index (χ2n) is 3.20. The fourth-order valence-electron chi connectivity index (χ4n) is 1.11. The van der Waals surface area contributed by atoms with Gasteiger partial charge < -0.3 is 11.1 Å². The third-order valence-electron chi connectivity index (χ3n) is 1.89. The minimum Gasteiger partial charge on any atom is -0.373 e. The maximum Gasteiger partial charge on any atom is 0.318 e. The number of anilines is 1. The van der Waals surface area contributed by atoms with E-state index in [-0.39, 0.29) is 0 Å². The van der Waals surface area contributed by atoms with Crippen LogP contribution in [0.3, 0.4) is 0 Å². The van der Waals surface area contributed by atoms with Gasteiger partial charge in [-0.3, -0.25) is 10.1 Å². The highest BCUT2D eigenvalue weighted by Gasteiger charge is 2.14. The first kappa shape index (κ1) is 12.5. The zero-order chi connectivity index (χ0) is 12.1. The molecule has 6 heteroatoms. The van der Waals surface area contributed by atoms with E-state index in [9.17, 15) is 9.59 Å². The highest BCUT2D eigenvalue weighted by atomic mass is 79.9. The fourth-order valence-corrected chi connectivity index (χ4v) is 1.51. The van der Waals surface area contributed by atoms with E-state index in [2.05, 4.69) is 21.2 Å². The molecule has 1 atom stereocenters. The number of imide groups is 1. The summed E-state index contributed by atoms with van der Waals surface area (Å²) in [5, 5.41) is 4.95. The molecule has 16 heavy (non-hydrogen) atoms. The predicted octanol–water partition coefficient (Wildman–Crippen LogP) is 1.44. The Morgan fingerprint density at radius 3 is 2.56 bits per heavy atom. The van der Waals surface area contributed by atoms with Crippen molar-refractivity contribution in [1.29, 1.82) is 0 Å². The van der Waals surface area contributed by atoms with Crippen LogP contribution in [0.25, 0.3) is 0 Å². The van der Waals surface area contributed by atoms with Gasteiger partial charge in [-0.15, -0.1) is 0 Å². The van der Waals surface area contributed by atoms with Gasteiger partial charge in [0.15, 0.2) is 0 Å². The molecule has 0 bridgehead atoms. The van der Waals surface area contributed by atoms with E-state index >= 15 is 0 Å². The summed E-state index contributed by atoms with van der Waals surface area (Å²) in [6, 6.07) is 5.96. The second-order valence-corrected chi connectivity index (χ2v) is 4.05. The maximum atomic E-state index is 11.4. The van der Waals surface area contributed by atoms with Gasteiger partial charge in [0, 0.05) is 10.2 Å². The molecular formula is C10H12BrN3O2. The van der Waals surface area contributed by atoms with Crippen molar-refractivity contribution < 1.29 is 9.59 Å². The molecule has 0 saturated carbocycles. The lowest BCUT2D eigenvalue weighted by Gasteiger charge is -2.14. The number of benzene rings is 1. The number of halogens is 1. The molecule has 1 aromatic rings. The number of primary amides is 1. The van der Waals surface area contributed by atoms with Crippen molar-refractivity contribution in [3.63, 3.8) is 0 Å². The highest BCUT2D eigenvalue weighted by Crippen LogP contribution is 2.21. The molecule has 0 fully saturated rings. The lowest BCUT2D eigenvalue weighted by molar-refractivity contribution is -0.120. The number of nitrogens with two attached hydrogens (primary N) is 1. The first-order chi connectivity index (χ1) is 7.50. The van der Waals surface area contributed by atoms with Crippen LogP contribution < -0.4 is 16.4 Å². The largest absolute Gasteiger partial charge is 0.373 e. The molecule has 0 saturated heterocycles. The number of carbonyl (C=O) groups excluding carboxylic acids is 2. The SMILES string of the molecule is CC(Nc1ccccc1Br)C(=O)NC(N)=O. The minimum atomic E-state index is -0.856. The van der Waals surface area contributed by atoms with Gasteiger partial charge in [0.05, 0.1) is 0 Å². The van der Waals surface area contributed by atoms with Crippen LogP contribution >= 0.6 is 15.9 Å². The molecular weight excluding hydrogens is 274 g/mol. The minimum absolute atomic E-state index is 0.469. The van der Waals surface area contributed by atoms with E-state index in [1.165, 1.54) is 0 Å². The summed E-state index contributed by atoms with van der Waals surface area (Å²) in [4.78, 5) is 21.9. The van der Waals surface area contributed by atoms with Crippen molar-refractivity contribution in [1.82, 2.24) is 5.32 Å². The van der Waals surface area contributed by atoms with Crippen LogP contribution in [0.4, 0.5) is 10.5 Å². The summed E-state index contributed by atoms with van der Waals surface area (Å²) in [7, 11) is 0. The molecule has 0 aliphatic carbocycles. The summed E-state index contributed by atoms with van der Waals surface area (Å²) < 4.78 is 0.841. The van der Waals surface area contributed by atoms with Crippen molar-refractivity contribution in [3.8, 4) is 0 Å². The van der Waals surface area contributed by atoms with Crippen molar-refractivity contribution in [3.05, 3.63) is 28.7 Å². The van der Waals surface area contributed by atoms with Crippen LogP contribution in [0, 0.1) is 0 Å². The van der Waals surface area contributed by atoms with Gasteiger partial charge in [-0.05, 0) is 35.0 Å². The van der Waals surface area contributed by atoms with Crippen molar-refractivity contribution in [2.45, 2.75) is 13.0 Å². The third kappa shape index (κ3) is 3.54. The Labute approximate surface area is 102 Å². The lowest BCUT2D eigenvalue weighted by Crippen LogP contribution is -2.43. The van der Waals surface area contributed by atoms with Crippen molar-refractivity contribution in [2.75, 3.05) is 5.32 Å². The van der Waals surface area contributed by atoms with E-state index in [0.717, 1.165) is 10.2 Å². The molecule has 0 aliphatic heterocycles. The van der Waals surface area contributed by atoms with E-state index in [1.807, 2.05) is 29.6 Å². The van der Waals surface area contributed by atoms with Crippen molar-refractivity contribution >= 4 is 33.6 Å². The average Bonchev–Trinajstić information content (AvgIpc) is 2.20. The Morgan fingerprint density at radius 1 is 1.38 bits per heavy atom. The molecule has 1 rings (SSSR count). The molecule has 0 heterocycles. The molecule has 0 aromatic heterocycles. The average molecular weight is 286 g/mol. The van der Waals surface area contributed by atoms with E-state index in [4.69, 9.17) is 5.73 Å². The van der Waals surface area contributed by atoms with Gasteiger partial charge in [0.2, 0.25) is 5.91 Å². The van der Waals surface area contributed by atoms with Crippen LogP contribution in [-0.4, -0.2) is 18.0 Å². The van der Waals surface area contributed by atoms with Gasteiger partial charge in [-0.25, -0.2) is 4.79 Å². The fraction of sp³-hybridized carbons (Fsp3) is 0.200. The molecule has 0 radical (unpaired) electrons. The number of rotatable bonds is 3. The van der Waals surface area contributed by atoms with E-state index in [1.54, 1.807) is 6.92 Å². The predicted molar refractivity (Wildman–Crippen MR) is 65.0 cm³/mol. The van der Waals surface area contributed by atoms with E-state index < -0.39 is 18.0 Å². The highest BCUT2D eigenvalue weighted by molar-refractivity contribution is 9.10. The number of hydrogen-bond acceptors (Lipinski definition) is 3.